The first-order valence-electron chi connectivity index (χ1n) is 12.9. The number of hydrogen-bond acceptors (Lipinski definition) is 5. The molecule has 0 radical (unpaired) electrons. The number of aromatic nitrogens is 2. The Labute approximate surface area is 219 Å². The number of fused-ring (bicyclic) bond motifs is 1. The van der Waals surface area contributed by atoms with Gasteiger partial charge >= 0.3 is 6.18 Å². The Morgan fingerprint density at radius 2 is 1.84 bits per heavy atom. The Morgan fingerprint density at radius 3 is 2.50 bits per heavy atom. The fourth-order valence-corrected chi connectivity index (χ4v) is 6.00. The summed E-state index contributed by atoms with van der Waals surface area (Å²) in [5, 5.41) is 2.87. The van der Waals surface area contributed by atoms with Gasteiger partial charge in [0.15, 0.2) is 9.84 Å². The summed E-state index contributed by atoms with van der Waals surface area (Å²) in [5.74, 6) is 1.19. The summed E-state index contributed by atoms with van der Waals surface area (Å²) < 4.78 is 64.5. The average molecular weight is 549 g/mol. The van der Waals surface area contributed by atoms with Crippen molar-refractivity contribution < 1.29 is 26.4 Å². The first-order chi connectivity index (χ1) is 18.0. The Balaban J connectivity index is 1.27. The summed E-state index contributed by atoms with van der Waals surface area (Å²) in [6, 6.07) is 11.8. The van der Waals surface area contributed by atoms with Gasteiger partial charge in [-0.05, 0) is 67.6 Å². The monoisotopic (exact) mass is 548 g/mol. The van der Waals surface area contributed by atoms with Gasteiger partial charge in [0, 0.05) is 31.1 Å². The Bertz CT molecular complexity index is 1430. The zero-order valence-electron chi connectivity index (χ0n) is 21.2. The average Bonchev–Trinajstić information content (AvgIpc) is 3.54. The van der Waals surface area contributed by atoms with E-state index in [0.29, 0.717) is 43.1 Å². The summed E-state index contributed by atoms with van der Waals surface area (Å²) in [6.45, 7) is 2.45. The molecule has 2 fully saturated rings. The van der Waals surface area contributed by atoms with Crippen LogP contribution in [0.4, 0.5) is 13.2 Å². The highest BCUT2D eigenvalue weighted by Gasteiger charge is 2.36. The highest BCUT2D eigenvalue weighted by Crippen LogP contribution is 2.41. The van der Waals surface area contributed by atoms with Gasteiger partial charge in [-0.3, -0.25) is 9.69 Å². The van der Waals surface area contributed by atoms with E-state index in [1.54, 1.807) is 43.3 Å². The van der Waals surface area contributed by atoms with Crippen LogP contribution in [0.5, 0.6) is 0 Å². The van der Waals surface area contributed by atoms with Gasteiger partial charge in [0.2, 0.25) is 0 Å². The number of nitrogens with zero attached hydrogens (tertiary/aromatic N) is 3. The minimum Gasteiger partial charge on any atom is -0.348 e. The van der Waals surface area contributed by atoms with E-state index in [4.69, 9.17) is 4.98 Å². The molecule has 1 amide bonds. The van der Waals surface area contributed by atoms with Crippen LogP contribution in [-0.4, -0.2) is 60.3 Å². The van der Waals surface area contributed by atoms with Gasteiger partial charge in [-0.25, -0.2) is 13.4 Å². The van der Waals surface area contributed by atoms with Crippen LogP contribution >= 0.6 is 0 Å². The van der Waals surface area contributed by atoms with Crippen LogP contribution in [-0.2, 0) is 22.9 Å². The van der Waals surface area contributed by atoms with Crippen molar-refractivity contribution in [1.82, 2.24) is 19.8 Å². The van der Waals surface area contributed by atoms with E-state index in [-0.39, 0.29) is 29.0 Å². The van der Waals surface area contributed by atoms with Crippen LogP contribution in [0.15, 0.2) is 47.4 Å². The molecule has 204 valence electrons. The van der Waals surface area contributed by atoms with Gasteiger partial charge in [-0.2, -0.15) is 13.2 Å². The van der Waals surface area contributed by atoms with Crippen molar-refractivity contribution in [2.24, 2.45) is 5.92 Å². The van der Waals surface area contributed by atoms with E-state index in [1.807, 2.05) is 6.07 Å². The van der Waals surface area contributed by atoms with Crippen molar-refractivity contribution in [3.8, 4) is 0 Å². The molecule has 1 saturated heterocycles. The fourth-order valence-electron chi connectivity index (χ4n) is 5.12. The molecule has 7 nitrogen and oxygen atoms in total. The van der Waals surface area contributed by atoms with E-state index in [0.717, 1.165) is 29.7 Å². The maximum absolute atomic E-state index is 12.9. The second-order valence-electron chi connectivity index (χ2n) is 10.3. The van der Waals surface area contributed by atoms with E-state index < -0.39 is 22.6 Å². The number of halogens is 3. The lowest BCUT2D eigenvalue weighted by Crippen LogP contribution is -2.32. The number of likely N-dealkylation sites (tertiary alicyclic amines) is 1. The van der Waals surface area contributed by atoms with Crippen LogP contribution < -0.4 is 5.32 Å². The van der Waals surface area contributed by atoms with Crippen molar-refractivity contribution in [3.63, 3.8) is 0 Å². The SMILES string of the molecule is CCS(=O)(=O)c1ccc(CNC(=O)c2ccc3c(c2)nc(C2CC2)n3CC2CCN(CC(F)(F)F)C2)cc1. The van der Waals surface area contributed by atoms with E-state index >= 15 is 0 Å². The molecule has 38 heavy (non-hydrogen) atoms. The quantitative estimate of drug-likeness (QED) is 0.425. The Hall–Kier alpha value is -2.92. The van der Waals surface area contributed by atoms with Crippen molar-refractivity contribution in [2.45, 2.75) is 56.3 Å². The number of benzene rings is 2. The molecule has 5 rings (SSSR count). The van der Waals surface area contributed by atoms with Gasteiger partial charge in [0.25, 0.3) is 5.91 Å². The topological polar surface area (TPSA) is 84.3 Å². The molecule has 1 N–H and O–H groups in total. The number of amides is 1. The Kier molecular flexibility index (Phi) is 7.25. The molecule has 1 aliphatic carbocycles. The smallest absolute Gasteiger partial charge is 0.348 e. The predicted molar refractivity (Wildman–Crippen MR) is 138 cm³/mol. The number of carbonyl (C=O) groups excluding carboxylic acids is 1. The van der Waals surface area contributed by atoms with Crippen LogP contribution in [0, 0.1) is 5.92 Å². The number of hydrogen-bond donors (Lipinski definition) is 1. The summed E-state index contributed by atoms with van der Waals surface area (Å²) in [5.41, 5.74) is 2.85. The molecule has 1 aromatic heterocycles. The highest BCUT2D eigenvalue weighted by molar-refractivity contribution is 7.91. The molecule has 3 aromatic rings. The summed E-state index contributed by atoms with van der Waals surface area (Å²) >= 11 is 0. The van der Waals surface area contributed by atoms with Crippen LogP contribution in [0.25, 0.3) is 11.0 Å². The molecule has 1 atom stereocenters. The van der Waals surface area contributed by atoms with E-state index in [1.165, 1.54) is 4.90 Å². The van der Waals surface area contributed by atoms with Crippen LogP contribution in [0.2, 0.25) is 0 Å². The molecular weight excluding hydrogens is 517 g/mol. The molecular formula is C27H31F3N4O3S. The second kappa shape index (κ2) is 10.3. The third-order valence-corrected chi connectivity index (χ3v) is 9.06. The molecule has 0 spiro atoms. The largest absolute Gasteiger partial charge is 0.401 e. The van der Waals surface area contributed by atoms with Gasteiger partial charge < -0.3 is 9.88 Å². The van der Waals surface area contributed by atoms with Crippen molar-refractivity contribution in [3.05, 3.63) is 59.4 Å². The Morgan fingerprint density at radius 1 is 1.11 bits per heavy atom. The molecule has 2 heterocycles. The molecule has 1 aliphatic heterocycles. The van der Waals surface area contributed by atoms with E-state index in [2.05, 4.69) is 9.88 Å². The zero-order chi connectivity index (χ0) is 27.1. The molecule has 2 aromatic carbocycles. The lowest BCUT2D eigenvalue weighted by Gasteiger charge is -2.18. The standard InChI is InChI=1S/C27H31F3N4O3S/c1-2-38(36,37)22-8-3-18(4-9-22)14-31-26(35)21-7-10-24-23(13-21)32-25(20-5-6-20)34(24)16-19-11-12-33(15-19)17-27(28,29)30/h3-4,7-10,13,19-20H,2,5-6,11-12,14-17H2,1H3,(H,31,35). The second-order valence-corrected chi connectivity index (χ2v) is 12.6. The number of rotatable bonds is 9. The van der Waals surface area contributed by atoms with Gasteiger partial charge in [-0.1, -0.05) is 19.1 Å². The first kappa shape index (κ1) is 26.7. The normalized spacial score (nSPS) is 18.8. The number of imidazole rings is 1. The van der Waals surface area contributed by atoms with Crippen molar-refractivity contribution in [1.29, 1.82) is 0 Å². The third-order valence-electron chi connectivity index (χ3n) is 7.31. The minimum atomic E-state index is -4.19. The number of alkyl halides is 3. The summed E-state index contributed by atoms with van der Waals surface area (Å²) in [4.78, 5) is 19.4. The molecule has 1 saturated carbocycles. The first-order valence-corrected chi connectivity index (χ1v) is 14.6. The molecule has 11 heteroatoms. The highest BCUT2D eigenvalue weighted by atomic mass is 32.2. The van der Waals surface area contributed by atoms with Crippen molar-refractivity contribution in [2.75, 3.05) is 25.4 Å². The molecule has 1 unspecified atom stereocenters. The van der Waals surface area contributed by atoms with Gasteiger partial charge in [0.1, 0.15) is 5.82 Å². The molecule has 2 aliphatic rings. The van der Waals surface area contributed by atoms with Crippen LogP contribution in [0.1, 0.15) is 53.8 Å². The lowest BCUT2D eigenvalue weighted by molar-refractivity contribution is -0.143. The maximum atomic E-state index is 12.9. The number of nitrogens with one attached hydrogen (secondary N) is 1. The summed E-state index contributed by atoms with van der Waals surface area (Å²) in [7, 11) is -3.28. The van der Waals surface area contributed by atoms with Crippen LogP contribution in [0.3, 0.4) is 0 Å². The lowest BCUT2D eigenvalue weighted by atomic mass is 10.1. The van der Waals surface area contributed by atoms with Gasteiger partial charge in [0.05, 0.1) is 28.2 Å². The minimum absolute atomic E-state index is 0.0287. The van der Waals surface area contributed by atoms with Crippen molar-refractivity contribution >= 4 is 26.8 Å². The predicted octanol–water partition coefficient (Wildman–Crippen LogP) is 4.52. The van der Waals surface area contributed by atoms with Gasteiger partial charge in [-0.15, -0.1) is 0 Å². The number of sulfone groups is 1. The summed E-state index contributed by atoms with van der Waals surface area (Å²) in [6.07, 6.45) is -1.39. The van der Waals surface area contributed by atoms with E-state index in [9.17, 15) is 26.4 Å². The third kappa shape index (κ3) is 6.04. The number of carbonyl (C=O) groups is 1. The molecule has 0 bridgehead atoms. The zero-order valence-corrected chi connectivity index (χ0v) is 22.0. The fraction of sp³-hybridized carbons (Fsp3) is 0.481. The maximum Gasteiger partial charge on any atom is 0.401 e.